The first-order valence-electron chi connectivity index (χ1n) is 5.36. The second-order valence-electron chi connectivity index (χ2n) is 3.87. The largest absolute Gasteiger partial charge is 0.306 e. The van der Waals surface area contributed by atoms with Crippen LogP contribution in [-0.4, -0.2) is 10.9 Å². The number of hydrogen-bond donors (Lipinski definition) is 1. The molecule has 2 rings (SSSR count). The van der Waals surface area contributed by atoms with Gasteiger partial charge in [-0.1, -0.05) is 6.07 Å². The fourth-order valence-corrected chi connectivity index (χ4v) is 2.52. The SMILES string of the molecule is Cc1cc(Br)cnc1NC(=O)c1c(F)cccc1Br. The number of rotatable bonds is 2. The number of halogens is 3. The number of nitrogens with one attached hydrogen (secondary N) is 1. The van der Waals surface area contributed by atoms with Gasteiger partial charge in [0.2, 0.25) is 0 Å². The monoisotopic (exact) mass is 386 g/mol. The number of carbonyl (C=O) groups excluding carboxylic acids is 1. The van der Waals surface area contributed by atoms with Gasteiger partial charge in [-0.25, -0.2) is 9.37 Å². The van der Waals surface area contributed by atoms with Crippen molar-refractivity contribution in [3.63, 3.8) is 0 Å². The molecule has 0 aliphatic rings. The highest BCUT2D eigenvalue weighted by atomic mass is 79.9. The number of pyridine rings is 1. The van der Waals surface area contributed by atoms with Crippen LogP contribution in [0, 0.1) is 12.7 Å². The second-order valence-corrected chi connectivity index (χ2v) is 5.64. The molecular formula is C13H9Br2FN2O. The number of aryl methyl sites for hydroxylation is 1. The molecule has 19 heavy (non-hydrogen) atoms. The van der Waals surface area contributed by atoms with Crippen molar-refractivity contribution in [3.8, 4) is 0 Å². The molecule has 1 amide bonds. The van der Waals surface area contributed by atoms with Gasteiger partial charge in [-0.3, -0.25) is 4.79 Å². The van der Waals surface area contributed by atoms with Crippen LogP contribution in [0.15, 0.2) is 39.4 Å². The fraction of sp³-hybridized carbons (Fsp3) is 0.0769. The summed E-state index contributed by atoms with van der Waals surface area (Å²) in [5.41, 5.74) is 0.752. The minimum absolute atomic E-state index is 0.0355. The number of hydrogen-bond acceptors (Lipinski definition) is 2. The number of carbonyl (C=O) groups is 1. The lowest BCUT2D eigenvalue weighted by Gasteiger charge is -2.09. The average Bonchev–Trinajstić information content (AvgIpc) is 2.32. The van der Waals surface area contributed by atoms with E-state index in [-0.39, 0.29) is 5.56 Å². The Balaban J connectivity index is 2.31. The topological polar surface area (TPSA) is 42.0 Å². The summed E-state index contributed by atoms with van der Waals surface area (Å²) in [4.78, 5) is 16.1. The molecule has 1 N–H and O–H groups in total. The van der Waals surface area contributed by atoms with E-state index in [2.05, 4.69) is 42.2 Å². The van der Waals surface area contributed by atoms with Crippen LogP contribution < -0.4 is 5.32 Å². The third-order valence-corrected chi connectivity index (χ3v) is 3.56. The second kappa shape index (κ2) is 5.79. The highest BCUT2D eigenvalue weighted by Crippen LogP contribution is 2.22. The molecule has 0 aliphatic carbocycles. The zero-order valence-electron chi connectivity index (χ0n) is 9.88. The van der Waals surface area contributed by atoms with Gasteiger partial charge < -0.3 is 5.32 Å². The molecule has 6 heteroatoms. The first-order valence-corrected chi connectivity index (χ1v) is 6.95. The molecule has 1 aromatic heterocycles. The van der Waals surface area contributed by atoms with Gasteiger partial charge in [-0.05, 0) is 62.5 Å². The Kier molecular flexibility index (Phi) is 4.31. The zero-order valence-corrected chi connectivity index (χ0v) is 13.0. The minimum Gasteiger partial charge on any atom is -0.306 e. The molecule has 0 bridgehead atoms. The van der Waals surface area contributed by atoms with E-state index in [0.29, 0.717) is 10.3 Å². The summed E-state index contributed by atoms with van der Waals surface area (Å²) in [6.45, 7) is 1.81. The molecular weight excluding hydrogens is 379 g/mol. The van der Waals surface area contributed by atoms with Gasteiger partial charge in [-0.2, -0.15) is 0 Å². The first kappa shape index (κ1) is 14.1. The molecule has 0 fully saturated rings. The van der Waals surface area contributed by atoms with E-state index < -0.39 is 11.7 Å². The molecule has 2 aromatic rings. The molecule has 0 radical (unpaired) electrons. The van der Waals surface area contributed by atoms with Gasteiger partial charge >= 0.3 is 0 Å². The summed E-state index contributed by atoms with van der Waals surface area (Å²) in [5, 5.41) is 2.59. The lowest BCUT2D eigenvalue weighted by molar-refractivity contribution is 0.102. The van der Waals surface area contributed by atoms with E-state index in [9.17, 15) is 9.18 Å². The molecule has 0 spiro atoms. The maximum absolute atomic E-state index is 13.6. The maximum Gasteiger partial charge on any atom is 0.260 e. The van der Waals surface area contributed by atoms with Crippen LogP contribution in [-0.2, 0) is 0 Å². The van der Waals surface area contributed by atoms with Crippen molar-refractivity contribution in [3.05, 3.63) is 56.4 Å². The molecule has 0 saturated heterocycles. The van der Waals surface area contributed by atoms with Gasteiger partial charge in [-0.15, -0.1) is 0 Å². The van der Waals surface area contributed by atoms with E-state index in [4.69, 9.17) is 0 Å². The van der Waals surface area contributed by atoms with Crippen LogP contribution in [0.5, 0.6) is 0 Å². The number of benzene rings is 1. The van der Waals surface area contributed by atoms with Gasteiger partial charge in [0, 0.05) is 15.1 Å². The van der Waals surface area contributed by atoms with Gasteiger partial charge in [0.05, 0.1) is 5.56 Å². The number of aromatic nitrogens is 1. The minimum atomic E-state index is -0.582. The lowest BCUT2D eigenvalue weighted by atomic mass is 10.2. The van der Waals surface area contributed by atoms with Crippen molar-refractivity contribution in [2.75, 3.05) is 5.32 Å². The zero-order chi connectivity index (χ0) is 14.0. The third-order valence-electron chi connectivity index (χ3n) is 2.47. The maximum atomic E-state index is 13.6. The third kappa shape index (κ3) is 3.19. The van der Waals surface area contributed by atoms with Crippen LogP contribution in [0.1, 0.15) is 15.9 Å². The van der Waals surface area contributed by atoms with Crippen molar-refractivity contribution >= 4 is 43.6 Å². The average molecular weight is 388 g/mol. The molecule has 0 aliphatic heterocycles. The molecule has 3 nitrogen and oxygen atoms in total. The molecule has 1 aromatic carbocycles. The van der Waals surface area contributed by atoms with E-state index in [1.54, 1.807) is 12.3 Å². The smallest absolute Gasteiger partial charge is 0.260 e. The van der Waals surface area contributed by atoms with E-state index in [0.717, 1.165) is 10.0 Å². The number of amides is 1. The van der Waals surface area contributed by atoms with Gasteiger partial charge in [0.1, 0.15) is 11.6 Å². The quantitative estimate of drug-likeness (QED) is 0.834. The Morgan fingerprint density at radius 3 is 2.74 bits per heavy atom. The fourth-order valence-electron chi connectivity index (χ4n) is 1.56. The van der Waals surface area contributed by atoms with E-state index in [1.807, 2.05) is 13.0 Å². The number of nitrogens with zero attached hydrogens (tertiary/aromatic N) is 1. The number of anilines is 1. The highest BCUT2D eigenvalue weighted by Gasteiger charge is 2.16. The van der Waals surface area contributed by atoms with Crippen LogP contribution in [0.25, 0.3) is 0 Å². The Morgan fingerprint density at radius 2 is 2.11 bits per heavy atom. The normalized spacial score (nSPS) is 10.3. The van der Waals surface area contributed by atoms with Crippen molar-refractivity contribution in [1.29, 1.82) is 0 Å². The molecule has 0 unspecified atom stereocenters. The summed E-state index contributed by atoms with van der Waals surface area (Å²) >= 11 is 6.45. The first-order chi connectivity index (χ1) is 8.99. The predicted molar refractivity (Wildman–Crippen MR) is 78.7 cm³/mol. The van der Waals surface area contributed by atoms with Crippen molar-refractivity contribution in [2.45, 2.75) is 6.92 Å². The molecule has 0 saturated carbocycles. The summed E-state index contributed by atoms with van der Waals surface area (Å²) in [6, 6.07) is 6.19. The van der Waals surface area contributed by atoms with E-state index in [1.165, 1.54) is 12.1 Å². The standard InChI is InChI=1S/C13H9Br2FN2O/c1-7-5-8(14)6-17-12(7)18-13(19)11-9(15)3-2-4-10(11)16/h2-6H,1H3,(H,17,18,19). The van der Waals surface area contributed by atoms with Crippen molar-refractivity contribution in [2.24, 2.45) is 0 Å². The summed E-state index contributed by atoms with van der Waals surface area (Å²) < 4.78 is 14.9. The van der Waals surface area contributed by atoms with Gasteiger partial charge in [0.25, 0.3) is 5.91 Å². The Hall–Kier alpha value is -1.27. The lowest BCUT2D eigenvalue weighted by Crippen LogP contribution is -2.16. The van der Waals surface area contributed by atoms with E-state index >= 15 is 0 Å². The Bertz CT molecular complexity index is 626. The van der Waals surface area contributed by atoms with Crippen LogP contribution >= 0.6 is 31.9 Å². The summed E-state index contributed by atoms with van der Waals surface area (Å²) in [5.74, 6) is -0.715. The van der Waals surface area contributed by atoms with Crippen molar-refractivity contribution < 1.29 is 9.18 Å². The van der Waals surface area contributed by atoms with Crippen LogP contribution in [0.4, 0.5) is 10.2 Å². The van der Waals surface area contributed by atoms with Crippen molar-refractivity contribution in [1.82, 2.24) is 4.98 Å². The summed E-state index contributed by atoms with van der Waals surface area (Å²) in [7, 11) is 0. The van der Waals surface area contributed by atoms with Crippen LogP contribution in [0.3, 0.4) is 0 Å². The Morgan fingerprint density at radius 1 is 1.37 bits per heavy atom. The summed E-state index contributed by atoms with van der Waals surface area (Å²) in [6.07, 6.45) is 1.57. The molecule has 0 atom stereocenters. The van der Waals surface area contributed by atoms with Gasteiger partial charge in [0.15, 0.2) is 0 Å². The van der Waals surface area contributed by atoms with Crippen LogP contribution in [0.2, 0.25) is 0 Å². The molecule has 1 heterocycles. The Labute approximate surface area is 126 Å². The molecule has 98 valence electrons. The predicted octanol–water partition coefficient (Wildman–Crippen LogP) is 4.31. The highest BCUT2D eigenvalue weighted by molar-refractivity contribution is 9.10.